The van der Waals surface area contributed by atoms with E-state index >= 15 is 0 Å². The number of aromatic nitrogens is 2. The fourth-order valence-corrected chi connectivity index (χ4v) is 1.87. The van der Waals surface area contributed by atoms with E-state index in [-0.39, 0.29) is 5.91 Å². The lowest BCUT2D eigenvalue weighted by molar-refractivity contribution is -0.120. The lowest BCUT2D eigenvalue weighted by Crippen LogP contribution is -2.25. The molecule has 0 saturated carbocycles. The highest BCUT2D eigenvalue weighted by atomic mass is 16.5. The minimum absolute atomic E-state index is 0.0420. The van der Waals surface area contributed by atoms with Gasteiger partial charge < -0.3 is 20.8 Å². The molecule has 1 aromatic heterocycles. The Bertz CT molecular complexity index is 578. The van der Waals surface area contributed by atoms with E-state index in [1.54, 1.807) is 6.20 Å². The third kappa shape index (κ3) is 4.92. The maximum absolute atomic E-state index is 11.8. The van der Waals surface area contributed by atoms with Crippen LogP contribution in [0.1, 0.15) is 17.1 Å². The standard InChI is InChI=1S/C15H20N4O2/c1-11-9-17-14(19-11)10-18-15(20)8-12-2-4-13(5-3-12)21-7-6-16/h2-5,9H,6-8,10,16H2,1H3,(H,17,19)(H,18,20). The van der Waals surface area contributed by atoms with Crippen molar-refractivity contribution in [3.8, 4) is 5.75 Å². The second-order valence-electron chi connectivity index (χ2n) is 4.75. The maximum atomic E-state index is 11.8. The first-order valence-electron chi connectivity index (χ1n) is 6.86. The predicted octanol–water partition coefficient (Wildman–Crippen LogP) is 0.915. The van der Waals surface area contributed by atoms with E-state index in [1.165, 1.54) is 0 Å². The number of carbonyl (C=O) groups is 1. The van der Waals surface area contributed by atoms with Crippen LogP contribution in [0.5, 0.6) is 5.75 Å². The SMILES string of the molecule is Cc1cnc(CNC(=O)Cc2ccc(OCCN)cc2)[nH]1. The Morgan fingerprint density at radius 2 is 2.14 bits per heavy atom. The molecular formula is C15H20N4O2. The van der Waals surface area contributed by atoms with Gasteiger partial charge in [-0.1, -0.05) is 12.1 Å². The largest absolute Gasteiger partial charge is 0.492 e. The van der Waals surface area contributed by atoms with Gasteiger partial charge in [0.2, 0.25) is 5.91 Å². The van der Waals surface area contributed by atoms with Crippen molar-refractivity contribution < 1.29 is 9.53 Å². The molecule has 0 fully saturated rings. The van der Waals surface area contributed by atoms with E-state index in [9.17, 15) is 4.79 Å². The number of ether oxygens (including phenoxy) is 1. The predicted molar refractivity (Wildman–Crippen MR) is 79.9 cm³/mol. The van der Waals surface area contributed by atoms with Gasteiger partial charge in [0.05, 0.1) is 13.0 Å². The monoisotopic (exact) mass is 288 g/mol. The third-order valence-corrected chi connectivity index (χ3v) is 2.88. The van der Waals surface area contributed by atoms with Gasteiger partial charge in [-0.3, -0.25) is 4.79 Å². The molecule has 2 aromatic rings. The third-order valence-electron chi connectivity index (χ3n) is 2.88. The second-order valence-corrected chi connectivity index (χ2v) is 4.75. The first-order valence-corrected chi connectivity index (χ1v) is 6.86. The molecule has 0 aliphatic heterocycles. The van der Waals surface area contributed by atoms with Crippen molar-refractivity contribution in [3.05, 3.63) is 47.5 Å². The van der Waals surface area contributed by atoms with Crippen LogP contribution in [-0.4, -0.2) is 29.0 Å². The van der Waals surface area contributed by atoms with Crippen molar-refractivity contribution in [2.45, 2.75) is 19.9 Å². The van der Waals surface area contributed by atoms with Crippen LogP contribution in [-0.2, 0) is 17.8 Å². The molecule has 0 spiro atoms. The van der Waals surface area contributed by atoms with Gasteiger partial charge in [-0.25, -0.2) is 4.98 Å². The first kappa shape index (κ1) is 15.1. The Morgan fingerprint density at radius 1 is 1.38 bits per heavy atom. The number of hydrogen-bond acceptors (Lipinski definition) is 4. The molecule has 0 saturated heterocycles. The van der Waals surface area contributed by atoms with Gasteiger partial charge in [-0.2, -0.15) is 0 Å². The van der Waals surface area contributed by atoms with E-state index in [1.807, 2.05) is 31.2 Å². The summed E-state index contributed by atoms with van der Waals surface area (Å²) in [5.74, 6) is 1.47. The quantitative estimate of drug-likeness (QED) is 0.706. The van der Waals surface area contributed by atoms with Gasteiger partial charge in [0.1, 0.15) is 18.2 Å². The van der Waals surface area contributed by atoms with Gasteiger partial charge in [-0.05, 0) is 24.6 Å². The van der Waals surface area contributed by atoms with Crippen LogP contribution >= 0.6 is 0 Å². The number of nitrogens with zero attached hydrogens (tertiary/aromatic N) is 1. The molecule has 0 radical (unpaired) electrons. The molecule has 0 unspecified atom stereocenters. The number of carbonyl (C=O) groups excluding carboxylic acids is 1. The lowest BCUT2D eigenvalue weighted by atomic mass is 10.1. The van der Waals surface area contributed by atoms with Crippen molar-refractivity contribution in [2.24, 2.45) is 5.73 Å². The fourth-order valence-electron chi connectivity index (χ4n) is 1.87. The average Bonchev–Trinajstić information content (AvgIpc) is 2.90. The molecule has 1 aromatic carbocycles. The summed E-state index contributed by atoms with van der Waals surface area (Å²) in [5.41, 5.74) is 7.28. The Kier molecular flexibility index (Phi) is 5.34. The Hall–Kier alpha value is -2.34. The average molecular weight is 288 g/mol. The van der Waals surface area contributed by atoms with E-state index in [0.29, 0.717) is 26.1 Å². The smallest absolute Gasteiger partial charge is 0.224 e. The number of imidazole rings is 1. The van der Waals surface area contributed by atoms with E-state index in [2.05, 4.69) is 15.3 Å². The second kappa shape index (κ2) is 7.44. The van der Waals surface area contributed by atoms with Gasteiger partial charge in [0.25, 0.3) is 0 Å². The summed E-state index contributed by atoms with van der Waals surface area (Å²) in [4.78, 5) is 19.1. The molecule has 1 heterocycles. The van der Waals surface area contributed by atoms with E-state index in [4.69, 9.17) is 10.5 Å². The van der Waals surface area contributed by atoms with Gasteiger partial charge in [0.15, 0.2) is 0 Å². The van der Waals surface area contributed by atoms with Crippen LogP contribution < -0.4 is 15.8 Å². The highest BCUT2D eigenvalue weighted by Gasteiger charge is 2.05. The molecule has 4 N–H and O–H groups in total. The molecule has 0 bridgehead atoms. The van der Waals surface area contributed by atoms with Crippen molar-refractivity contribution in [3.63, 3.8) is 0 Å². The van der Waals surface area contributed by atoms with Crippen LogP contribution in [0.2, 0.25) is 0 Å². The van der Waals surface area contributed by atoms with Crippen LogP contribution in [0.15, 0.2) is 30.5 Å². The summed E-state index contributed by atoms with van der Waals surface area (Å²) in [6.07, 6.45) is 2.07. The molecule has 0 atom stereocenters. The van der Waals surface area contributed by atoms with Crippen LogP contribution in [0, 0.1) is 6.92 Å². The zero-order valence-corrected chi connectivity index (χ0v) is 12.1. The van der Waals surface area contributed by atoms with Crippen LogP contribution in [0.4, 0.5) is 0 Å². The number of H-pyrrole nitrogens is 1. The number of aryl methyl sites for hydroxylation is 1. The van der Waals surface area contributed by atoms with Crippen molar-refractivity contribution in [1.82, 2.24) is 15.3 Å². The fraction of sp³-hybridized carbons (Fsp3) is 0.333. The summed E-state index contributed by atoms with van der Waals surface area (Å²) >= 11 is 0. The number of nitrogens with two attached hydrogens (primary N) is 1. The minimum Gasteiger partial charge on any atom is -0.492 e. The minimum atomic E-state index is -0.0420. The summed E-state index contributed by atoms with van der Waals surface area (Å²) in [6.45, 7) is 3.30. The molecule has 2 rings (SSSR count). The number of aromatic amines is 1. The zero-order chi connectivity index (χ0) is 15.1. The van der Waals surface area contributed by atoms with Gasteiger partial charge >= 0.3 is 0 Å². The molecule has 0 aliphatic carbocycles. The topological polar surface area (TPSA) is 93.0 Å². The van der Waals surface area contributed by atoms with Crippen LogP contribution in [0.3, 0.4) is 0 Å². The highest BCUT2D eigenvalue weighted by Crippen LogP contribution is 2.12. The highest BCUT2D eigenvalue weighted by molar-refractivity contribution is 5.78. The molecule has 6 heteroatoms. The van der Waals surface area contributed by atoms with E-state index < -0.39 is 0 Å². The molecule has 6 nitrogen and oxygen atoms in total. The van der Waals surface area contributed by atoms with Crippen molar-refractivity contribution in [2.75, 3.05) is 13.2 Å². The zero-order valence-electron chi connectivity index (χ0n) is 12.1. The lowest BCUT2D eigenvalue weighted by Gasteiger charge is -2.06. The Balaban J connectivity index is 1.79. The molecular weight excluding hydrogens is 268 g/mol. The summed E-state index contributed by atoms with van der Waals surface area (Å²) in [5, 5.41) is 2.83. The van der Waals surface area contributed by atoms with Crippen molar-refractivity contribution >= 4 is 5.91 Å². The molecule has 112 valence electrons. The first-order chi connectivity index (χ1) is 10.2. The summed E-state index contributed by atoms with van der Waals surface area (Å²) in [6, 6.07) is 7.44. The van der Waals surface area contributed by atoms with Gasteiger partial charge in [0, 0.05) is 18.4 Å². The van der Waals surface area contributed by atoms with E-state index in [0.717, 1.165) is 22.8 Å². The molecule has 1 amide bonds. The molecule has 0 aliphatic rings. The number of nitrogens with one attached hydrogen (secondary N) is 2. The summed E-state index contributed by atoms with van der Waals surface area (Å²) < 4.78 is 5.38. The normalized spacial score (nSPS) is 10.4. The van der Waals surface area contributed by atoms with Crippen molar-refractivity contribution in [1.29, 1.82) is 0 Å². The Labute approximate surface area is 123 Å². The number of benzene rings is 1. The number of amides is 1. The number of rotatable bonds is 7. The number of hydrogen-bond donors (Lipinski definition) is 3. The van der Waals surface area contributed by atoms with Gasteiger partial charge in [-0.15, -0.1) is 0 Å². The van der Waals surface area contributed by atoms with Crippen LogP contribution in [0.25, 0.3) is 0 Å². The summed E-state index contributed by atoms with van der Waals surface area (Å²) in [7, 11) is 0. The Morgan fingerprint density at radius 3 is 2.76 bits per heavy atom. The maximum Gasteiger partial charge on any atom is 0.224 e. The molecule has 21 heavy (non-hydrogen) atoms.